The van der Waals surface area contributed by atoms with E-state index in [0.29, 0.717) is 19.0 Å². The first-order chi connectivity index (χ1) is 15.2. The van der Waals surface area contributed by atoms with Gasteiger partial charge in [-0.3, -0.25) is 9.69 Å². The third-order valence-corrected chi connectivity index (χ3v) is 5.76. The Morgan fingerprint density at radius 3 is 2.48 bits per heavy atom. The van der Waals surface area contributed by atoms with Gasteiger partial charge in [0.1, 0.15) is 12.4 Å². The molecule has 0 spiro atoms. The van der Waals surface area contributed by atoms with Crippen molar-refractivity contribution in [3.05, 3.63) is 88.5 Å². The summed E-state index contributed by atoms with van der Waals surface area (Å²) in [5.74, 6) is 1.36. The minimum absolute atomic E-state index is 0.0398. The summed E-state index contributed by atoms with van der Waals surface area (Å²) in [6.07, 6.45) is 5.42. The fourth-order valence-electron chi connectivity index (χ4n) is 3.91. The summed E-state index contributed by atoms with van der Waals surface area (Å²) in [5.41, 5.74) is 2.42. The van der Waals surface area contributed by atoms with Crippen LogP contribution in [0.3, 0.4) is 0 Å². The highest BCUT2D eigenvalue weighted by molar-refractivity contribution is 5.32. The van der Waals surface area contributed by atoms with Gasteiger partial charge in [-0.1, -0.05) is 42.5 Å². The SMILES string of the molecule is CCn1ccnc(NC2CCN(Cc3ccc(OCc4ccccc4)cc3)CC2)c1=O. The Bertz CT molecular complexity index is 1010. The lowest BCUT2D eigenvalue weighted by molar-refractivity contribution is 0.211. The number of benzene rings is 2. The van der Waals surface area contributed by atoms with Crippen LogP contribution in [-0.2, 0) is 19.7 Å². The summed E-state index contributed by atoms with van der Waals surface area (Å²) >= 11 is 0. The van der Waals surface area contributed by atoms with Crippen LogP contribution in [0.2, 0.25) is 0 Å². The number of nitrogens with one attached hydrogen (secondary N) is 1. The predicted molar refractivity (Wildman–Crippen MR) is 123 cm³/mol. The van der Waals surface area contributed by atoms with Crippen molar-refractivity contribution < 1.29 is 4.74 Å². The zero-order valence-electron chi connectivity index (χ0n) is 18.0. The maximum Gasteiger partial charge on any atom is 0.293 e. The summed E-state index contributed by atoms with van der Waals surface area (Å²) in [5, 5.41) is 3.36. The zero-order chi connectivity index (χ0) is 21.5. The van der Waals surface area contributed by atoms with Gasteiger partial charge in [0.05, 0.1) is 0 Å². The molecular formula is C25H30N4O2. The molecule has 0 atom stereocenters. The molecule has 1 aromatic heterocycles. The number of rotatable bonds is 8. The molecule has 3 aromatic rings. The lowest BCUT2D eigenvalue weighted by atomic mass is 10.0. The molecule has 0 saturated carbocycles. The Labute approximate surface area is 183 Å². The van der Waals surface area contributed by atoms with E-state index in [1.807, 2.05) is 37.3 Å². The van der Waals surface area contributed by atoms with Gasteiger partial charge in [0.15, 0.2) is 5.82 Å². The van der Waals surface area contributed by atoms with Gasteiger partial charge in [-0.25, -0.2) is 4.98 Å². The van der Waals surface area contributed by atoms with Gasteiger partial charge in [0.25, 0.3) is 5.56 Å². The van der Waals surface area contributed by atoms with Gasteiger partial charge in [0.2, 0.25) is 0 Å². The van der Waals surface area contributed by atoms with Crippen molar-refractivity contribution in [3.8, 4) is 5.75 Å². The molecule has 1 fully saturated rings. The van der Waals surface area contributed by atoms with Crippen LogP contribution in [0.4, 0.5) is 5.82 Å². The van der Waals surface area contributed by atoms with Crippen molar-refractivity contribution in [2.24, 2.45) is 0 Å². The highest BCUT2D eigenvalue weighted by atomic mass is 16.5. The first-order valence-electron chi connectivity index (χ1n) is 11.0. The second kappa shape index (κ2) is 10.3. The molecular weight excluding hydrogens is 388 g/mol. The van der Waals surface area contributed by atoms with Crippen molar-refractivity contribution in [1.29, 1.82) is 0 Å². The van der Waals surface area contributed by atoms with E-state index in [4.69, 9.17) is 4.74 Å². The Morgan fingerprint density at radius 2 is 1.77 bits per heavy atom. The van der Waals surface area contributed by atoms with Crippen molar-refractivity contribution in [2.45, 2.75) is 45.5 Å². The van der Waals surface area contributed by atoms with Gasteiger partial charge in [0, 0.05) is 44.6 Å². The molecule has 2 aromatic carbocycles. The van der Waals surface area contributed by atoms with Gasteiger partial charge in [-0.15, -0.1) is 0 Å². The molecule has 31 heavy (non-hydrogen) atoms. The van der Waals surface area contributed by atoms with E-state index in [-0.39, 0.29) is 11.6 Å². The molecule has 6 heteroatoms. The maximum absolute atomic E-state index is 12.4. The van der Waals surface area contributed by atoms with E-state index < -0.39 is 0 Å². The van der Waals surface area contributed by atoms with Crippen molar-refractivity contribution in [3.63, 3.8) is 0 Å². The fraction of sp³-hybridized carbons (Fsp3) is 0.360. The quantitative estimate of drug-likeness (QED) is 0.601. The van der Waals surface area contributed by atoms with Gasteiger partial charge in [-0.2, -0.15) is 0 Å². The Hall–Kier alpha value is -3.12. The topological polar surface area (TPSA) is 59.4 Å². The van der Waals surface area contributed by atoms with Crippen molar-refractivity contribution in [2.75, 3.05) is 18.4 Å². The number of anilines is 1. The van der Waals surface area contributed by atoms with Gasteiger partial charge in [-0.05, 0) is 43.0 Å². The highest BCUT2D eigenvalue weighted by Gasteiger charge is 2.20. The molecule has 1 aliphatic rings. The minimum atomic E-state index is -0.0398. The number of nitrogens with zero attached hydrogens (tertiary/aromatic N) is 3. The number of aryl methyl sites for hydroxylation is 1. The van der Waals surface area contributed by atoms with E-state index in [1.165, 1.54) is 11.1 Å². The van der Waals surface area contributed by atoms with Crippen LogP contribution < -0.4 is 15.6 Å². The van der Waals surface area contributed by atoms with Crippen molar-refractivity contribution in [1.82, 2.24) is 14.5 Å². The first kappa shape index (κ1) is 21.1. The average Bonchev–Trinajstić information content (AvgIpc) is 2.82. The average molecular weight is 419 g/mol. The van der Waals surface area contributed by atoms with Crippen LogP contribution in [0.15, 0.2) is 71.8 Å². The molecule has 6 nitrogen and oxygen atoms in total. The zero-order valence-corrected chi connectivity index (χ0v) is 18.0. The van der Waals surface area contributed by atoms with Crippen LogP contribution in [0.1, 0.15) is 30.9 Å². The first-order valence-corrected chi connectivity index (χ1v) is 11.0. The minimum Gasteiger partial charge on any atom is -0.489 e. The molecule has 2 heterocycles. The summed E-state index contributed by atoms with van der Waals surface area (Å²) in [6.45, 7) is 6.13. The van der Waals surface area contributed by atoms with Crippen molar-refractivity contribution >= 4 is 5.82 Å². The third-order valence-electron chi connectivity index (χ3n) is 5.76. The van der Waals surface area contributed by atoms with Crippen LogP contribution in [-0.4, -0.2) is 33.6 Å². The third kappa shape index (κ3) is 5.73. The van der Waals surface area contributed by atoms with Crippen LogP contribution >= 0.6 is 0 Å². The lowest BCUT2D eigenvalue weighted by Gasteiger charge is -2.32. The predicted octanol–water partition coefficient (Wildman–Crippen LogP) is 3.92. The van der Waals surface area contributed by atoms with E-state index in [2.05, 4.69) is 39.5 Å². The molecule has 0 aliphatic carbocycles. The Balaban J connectivity index is 1.24. The van der Waals surface area contributed by atoms with Gasteiger partial charge >= 0.3 is 0 Å². The standard InChI is InChI=1S/C25H30N4O2/c1-2-29-17-14-26-24(25(29)30)27-22-12-15-28(16-13-22)18-20-8-10-23(11-9-20)31-19-21-6-4-3-5-7-21/h3-11,14,17,22H,2,12-13,15-16,18-19H2,1H3,(H,26,27). The molecule has 4 rings (SSSR count). The maximum atomic E-state index is 12.4. The Morgan fingerprint density at radius 1 is 1.03 bits per heavy atom. The highest BCUT2D eigenvalue weighted by Crippen LogP contribution is 2.19. The monoisotopic (exact) mass is 418 g/mol. The van der Waals surface area contributed by atoms with E-state index in [9.17, 15) is 4.79 Å². The number of ether oxygens (including phenoxy) is 1. The fourth-order valence-corrected chi connectivity index (χ4v) is 3.91. The number of aromatic nitrogens is 2. The number of hydrogen-bond donors (Lipinski definition) is 1. The summed E-state index contributed by atoms with van der Waals surface area (Å²) in [4.78, 5) is 19.1. The molecule has 162 valence electrons. The number of hydrogen-bond acceptors (Lipinski definition) is 5. The van der Waals surface area contributed by atoms with E-state index >= 15 is 0 Å². The van der Waals surface area contributed by atoms with Gasteiger partial charge < -0.3 is 14.6 Å². The smallest absolute Gasteiger partial charge is 0.293 e. The molecule has 1 aliphatic heterocycles. The Kier molecular flexibility index (Phi) is 6.99. The molecule has 0 radical (unpaired) electrons. The molecule has 0 amide bonds. The van der Waals surface area contributed by atoms with E-state index in [1.54, 1.807) is 17.0 Å². The normalized spacial score (nSPS) is 15.0. The second-order valence-electron chi connectivity index (χ2n) is 7.98. The number of likely N-dealkylation sites (tertiary alicyclic amines) is 1. The largest absolute Gasteiger partial charge is 0.489 e. The van der Waals surface area contributed by atoms with E-state index in [0.717, 1.165) is 38.2 Å². The lowest BCUT2D eigenvalue weighted by Crippen LogP contribution is -2.40. The number of piperidine rings is 1. The molecule has 0 bridgehead atoms. The van der Waals surface area contributed by atoms with Crippen LogP contribution in [0.5, 0.6) is 5.75 Å². The molecule has 1 N–H and O–H groups in total. The summed E-state index contributed by atoms with van der Waals surface area (Å²) in [6, 6.07) is 18.9. The second-order valence-corrected chi connectivity index (χ2v) is 7.98. The molecule has 0 unspecified atom stereocenters. The van der Waals surface area contributed by atoms with Crippen LogP contribution in [0, 0.1) is 0 Å². The summed E-state index contributed by atoms with van der Waals surface area (Å²) < 4.78 is 7.56. The molecule has 1 saturated heterocycles. The summed E-state index contributed by atoms with van der Waals surface area (Å²) in [7, 11) is 0. The van der Waals surface area contributed by atoms with Crippen LogP contribution in [0.25, 0.3) is 0 Å².